The number of ether oxygens (including phenoxy) is 1. The van der Waals surface area contributed by atoms with Crippen LogP contribution in [0.3, 0.4) is 0 Å². The molecule has 2 unspecified atom stereocenters. The second-order valence-corrected chi connectivity index (χ2v) is 4.65. The van der Waals surface area contributed by atoms with Crippen LogP contribution >= 0.6 is 0 Å². The van der Waals surface area contributed by atoms with E-state index in [9.17, 15) is 8.78 Å². The Bertz CT molecular complexity index is 414. The number of nitrogens with zero attached hydrogens (tertiary/aromatic N) is 1. The zero-order valence-electron chi connectivity index (χ0n) is 10.4. The average Bonchev–Trinajstić information content (AvgIpc) is 2.28. The molecule has 2 N–H and O–H groups in total. The first kappa shape index (κ1) is 13.2. The van der Waals surface area contributed by atoms with E-state index in [4.69, 9.17) is 10.5 Å². The number of morpholine rings is 1. The van der Waals surface area contributed by atoms with Crippen molar-refractivity contribution in [2.45, 2.75) is 25.6 Å². The van der Waals surface area contributed by atoms with E-state index in [1.54, 1.807) is 0 Å². The smallest absolute Gasteiger partial charge is 0.149 e. The quantitative estimate of drug-likeness (QED) is 0.897. The molecule has 0 amide bonds. The van der Waals surface area contributed by atoms with Gasteiger partial charge in [-0.25, -0.2) is 8.78 Å². The zero-order valence-corrected chi connectivity index (χ0v) is 10.4. The molecule has 1 fully saturated rings. The van der Waals surface area contributed by atoms with Crippen molar-refractivity contribution in [3.63, 3.8) is 0 Å². The molecule has 100 valence electrons. The lowest BCUT2D eigenvalue weighted by Gasteiger charge is -2.38. The molecule has 0 aromatic heterocycles. The van der Waals surface area contributed by atoms with E-state index in [0.29, 0.717) is 25.3 Å². The largest absolute Gasteiger partial charge is 0.372 e. The minimum absolute atomic E-state index is 0.00297. The van der Waals surface area contributed by atoms with Crippen molar-refractivity contribution >= 4 is 5.69 Å². The van der Waals surface area contributed by atoms with E-state index in [1.165, 1.54) is 12.1 Å². The van der Waals surface area contributed by atoms with Crippen LogP contribution in [0.15, 0.2) is 18.2 Å². The van der Waals surface area contributed by atoms with E-state index < -0.39 is 11.6 Å². The van der Waals surface area contributed by atoms with Gasteiger partial charge in [-0.3, -0.25) is 0 Å². The summed E-state index contributed by atoms with van der Waals surface area (Å²) in [6, 6.07) is 3.66. The molecule has 2 rings (SSSR count). The first-order valence-corrected chi connectivity index (χ1v) is 6.15. The first-order valence-electron chi connectivity index (χ1n) is 6.15. The number of rotatable bonds is 3. The molecule has 0 saturated carbocycles. The molecule has 18 heavy (non-hydrogen) atoms. The molecule has 0 aliphatic carbocycles. The third kappa shape index (κ3) is 2.97. The highest BCUT2D eigenvalue weighted by Gasteiger charge is 2.26. The van der Waals surface area contributed by atoms with Crippen molar-refractivity contribution in [1.29, 1.82) is 0 Å². The molecule has 1 aliphatic rings. The number of benzene rings is 1. The Morgan fingerprint density at radius 3 is 2.83 bits per heavy atom. The Kier molecular flexibility index (Phi) is 4.14. The van der Waals surface area contributed by atoms with Crippen molar-refractivity contribution in [3.05, 3.63) is 29.8 Å². The van der Waals surface area contributed by atoms with E-state index in [-0.39, 0.29) is 12.2 Å². The summed E-state index contributed by atoms with van der Waals surface area (Å²) in [6.45, 7) is 3.67. The lowest BCUT2D eigenvalue weighted by molar-refractivity contribution is -0.0185. The van der Waals surface area contributed by atoms with Crippen LogP contribution in [0.2, 0.25) is 0 Å². The Balaban J connectivity index is 2.16. The molecule has 0 bridgehead atoms. The van der Waals surface area contributed by atoms with Gasteiger partial charge in [-0.05, 0) is 32.0 Å². The van der Waals surface area contributed by atoms with Crippen molar-refractivity contribution < 1.29 is 13.5 Å². The van der Waals surface area contributed by atoms with Crippen LogP contribution in [0, 0.1) is 11.6 Å². The van der Waals surface area contributed by atoms with E-state index in [1.807, 2.05) is 11.8 Å². The fourth-order valence-corrected chi connectivity index (χ4v) is 2.32. The lowest BCUT2D eigenvalue weighted by atomic mass is 10.1. The molecular formula is C13H18F2N2O. The molecule has 1 aromatic carbocycles. The summed E-state index contributed by atoms with van der Waals surface area (Å²) in [5.74, 6) is -1.09. The Morgan fingerprint density at radius 2 is 2.17 bits per heavy atom. The fraction of sp³-hybridized carbons (Fsp3) is 0.538. The molecule has 1 heterocycles. The van der Waals surface area contributed by atoms with Gasteiger partial charge < -0.3 is 15.4 Å². The zero-order chi connectivity index (χ0) is 13.1. The van der Waals surface area contributed by atoms with Gasteiger partial charge in [0.1, 0.15) is 11.6 Å². The van der Waals surface area contributed by atoms with Crippen LogP contribution in [-0.4, -0.2) is 31.8 Å². The minimum Gasteiger partial charge on any atom is -0.372 e. The average molecular weight is 256 g/mol. The molecular weight excluding hydrogens is 238 g/mol. The standard InChI is InChI=1S/C13H18F2N2O/c1-9-7-17(8-11(18-9)4-5-16)13-3-2-10(14)6-12(13)15/h2-3,6,9,11H,4-5,7-8,16H2,1H3. The molecule has 2 atom stereocenters. The van der Waals surface area contributed by atoms with Gasteiger partial charge in [-0.15, -0.1) is 0 Å². The predicted molar refractivity (Wildman–Crippen MR) is 66.6 cm³/mol. The highest BCUT2D eigenvalue weighted by atomic mass is 19.1. The van der Waals surface area contributed by atoms with Gasteiger partial charge in [0.15, 0.2) is 0 Å². The maximum Gasteiger partial charge on any atom is 0.149 e. The SMILES string of the molecule is CC1CN(c2ccc(F)cc2F)CC(CCN)O1. The maximum atomic E-state index is 13.7. The van der Waals surface area contributed by atoms with E-state index >= 15 is 0 Å². The number of hydrogen-bond donors (Lipinski definition) is 1. The summed E-state index contributed by atoms with van der Waals surface area (Å²) in [5, 5.41) is 0. The topological polar surface area (TPSA) is 38.5 Å². The molecule has 5 heteroatoms. The van der Waals surface area contributed by atoms with Crippen molar-refractivity contribution in [1.82, 2.24) is 0 Å². The van der Waals surface area contributed by atoms with Gasteiger partial charge in [-0.2, -0.15) is 0 Å². The van der Waals surface area contributed by atoms with Crippen LogP contribution in [0.25, 0.3) is 0 Å². The normalized spacial score (nSPS) is 24.3. The second kappa shape index (κ2) is 5.63. The van der Waals surface area contributed by atoms with Crippen LogP contribution in [-0.2, 0) is 4.74 Å². The van der Waals surface area contributed by atoms with Gasteiger partial charge in [0.05, 0.1) is 17.9 Å². The number of nitrogens with two attached hydrogens (primary N) is 1. The lowest BCUT2D eigenvalue weighted by Crippen LogP contribution is -2.47. The molecule has 3 nitrogen and oxygen atoms in total. The van der Waals surface area contributed by atoms with Crippen molar-refractivity contribution in [2.75, 3.05) is 24.5 Å². The number of hydrogen-bond acceptors (Lipinski definition) is 3. The third-order valence-electron chi connectivity index (χ3n) is 3.07. The second-order valence-electron chi connectivity index (χ2n) is 4.65. The third-order valence-corrected chi connectivity index (χ3v) is 3.07. The summed E-state index contributed by atoms with van der Waals surface area (Å²) in [7, 11) is 0. The van der Waals surface area contributed by atoms with Crippen LogP contribution in [0.5, 0.6) is 0 Å². The molecule has 0 radical (unpaired) electrons. The Morgan fingerprint density at radius 1 is 1.39 bits per heavy atom. The maximum absolute atomic E-state index is 13.7. The highest BCUT2D eigenvalue weighted by molar-refractivity contribution is 5.48. The summed E-state index contributed by atoms with van der Waals surface area (Å²) in [5.41, 5.74) is 5.94. The monoisotopic (exact) mass is 256 g/mol. The van der Waals surface area contributed by atoms with Gasteiger partial charge in [0, 0.05) is 19.2 Å². The number of anilines is 1. The van der Waals surface area contributed by atoms with Crippen molar-refractivity contribution in [3.8, 4) is 0 Å². The minimum atomic E-state index is -0.559. The van der Waals surface area contributed by atoms with E-state index in [0.717, 1.165) is 12.5 Å². The molecule has 1 saturated heterocycles. The number of halogens is 2. The van der Waals surface area contributed by atoms with Crippen molar-refractivity contribution in [2.24, 2.45) is 5.73 Å². The summed E-state index contributed by atoms with van der Waals surface area (Å²) in [6.07, 6.45) is 0.756. The Hall–Kier alpha value is -1.20. The Labute approximate surface area is 106 Å². The molecule has 0 spiro atoms. The van der Waals surface area contributed by atoms with Gasteiger partial charge in [0.2, 0.25) is 0 Å². The highest BCUT2D eigenvalue weighted by Crippen LogP contribution is 2.24. The van der Waals surface area contributed by atoms with E-state index in [2.05, 4.69) is 0 Å². The van der Waals surface area contributed by atoms with Gasteiger partial charge in [0.25, 0.3) is 0 Å². The molecule has 1 aliphatic heterocycles. The van der Waals surface area contributed by atoms with Gasteiger partial charge in [-0.1, -0.05) is 0 Å². The predicted octanol–water partition coefficient (Wildman–Crippen LogP) is 1.91. The molecule has 1 aromatic rings. The summed E-state index contributed by atoms with van der Waals surface area (Å²) >= 11 is 0. The van der Waals surface area contributed by atoms with Crippen LogP contribution in [0.1, 0.15) is 13.3 Å². The first-order chi connectivity index (χ1) is 8.60. The van der Waals surface area contributed by atoms with Crippen LogP contribution < -0.4 is 10.6 Å². The summed E-state index contributed by atoms with van der Waals surface area (Å²) < 4.78 is 32.3. The summed E-state index contributed by atoms with van der Waals surface area (Å²) in [4.78, 5) is 1.89. The van der Waals surface area contributed by atoms with Crippen LogP contribution in [0.4, 0.5) is 14.5 Å². The van der Waals surface area contributed by atoms with Gasteiger partial charge >= 0.3 is 0 Å². The fourth-order valence-electron chi connectivity index (χ4n) is 2.32.